The van der Waals surface area contributed by atoms with E-state index in [2.05, 4.69) is 39.1 Å². The van der Waals surface area contributed by atoms with E-state index in [4.69, 9.17) is 14.5 Å². The third-order valence-corrected chi connectivity index (χ3v) is 4.97. The van der Waals surface area contributed by atoms with Crippen LogP contribution in [0.25, 0.3) is 16.5 Å². The lowest BCUT2D eigenvalue weighted by Gasteiger charge is -2.39. The Kier molecular flexibility index (Phi) is 4.18. The first-order valence-electron chi connectivity index (χ1n) is 9.22. The van der Waals surface area contributed by atoms with Crippen LogP contribution in [0.3, 0.4) is 0 Å². The van der Waals surface area contributed by atoms with Gasteiger partial charge in [-0.05, 0) is 30.2 Å². The summed E-state index contributed by atoms with van der Waals surface area (Å²) in [6.45, 7) is 2.93. The molecule has 3 aromatic rings. The van der Waals surface area contributed by atoms with Crippen molar-refractivity contribution in [1.29, 1.82) is 0 Å². The highest BCUT2D eigenvalue weighted by atomic mass is 16.5. The number of hydrogen-bond donors (Lipinski definition) is 0. The minimum atomic E-state index is 0.0918. The van der Waals surface area contributed by atoms with Crippen LogP contribution >= 0.6 is 0 Å². The molecule has 0 aliphatic carbocycles. The predicted octanol–water partition coefficient (Wildman–Crippen LogP) is 3.10. The average Bonchev–Trinajstić information content (AvgIpc) is 2.71. The van der Waals surface area contributed by atoms with Gasteiger partial charge in [-0.25, -0.2) is 15.0 Å². The van der Waals surface area contributed by atoms with Crippen molar-refractivity contribution in [2.24, 2.45) is 0 Å². The number of nitrogens with zero attached hydrogens (tertiary/aromatic N) is 4. The summed E-state index contributed by atoms with van der Waals surface area (Å²) in [6.07, 6.45) is 6.39. The fourth-order valence-electron chi connectivity index (χ4n) is 3.46. The number of anilines is 1. The van der Waals surface area contributed by atoms with Crippen LogP contribution in [0.4, 0.5) is 5.82 Å². The van der Waals surface area contributed by atoms with Crippen LogP contribution in [0.2, 0.25) is 0 Å². The number of hydrogen-bond acceptors (Lipinski definition) is 6. The fraction of sp³-hybridized carbons (Fsp3) is 0.286. The maximum atomic E-state index is 6.15. The van der Waals surface area contributed by atoms with Gasteiger partial charge in [0, 0.05) is 17.8 Å². The molecule has 0 bridgehead atoms. The van der Waals surface area contributed by atoms with E-state index in [-0.39, 0.29) is 6.10 Å². The molecule has 5 rings (SSSR count). The topological polar surface area (TPSA) is 60.4 Å². The molecule has 2 aliphatic rings. The van der Waals surface area contributed by atoms with E-state index < -0.39 is 0 Å². The highest BCUT2D eigenvalue weighted by Gasteiger charge is 2.31. The molecule has 1 fully saturated rings. The molecule has 27 heavy (non-hydrogen) atoms. The van der Waals surface area contributed by atoms with Crippen molar-refractivity contribution in [2.45, 2.75) is 12.5 Å². The predicted molar refractivity (Wildman–Crippen MR) is 104 cm³/mol. The molecule has 4 heterocycles. The summed E-state index contributed by atoms with van der Waals surface area (Å²) in [5.74, 6) is 1.60. The molecule has 0 unspecified atom stereocenters. The molecule has 0 saturated carbocycles. The normalized spacial score (nSPS) is 17.5. The quantitative estimate of drug-likeness (QED) is 0.713. The van der Waals surface area contributed by atoms with Gasteiger partial charge >= 0.3 is 0 Å². The second kappa shape index (κ2) is 6.96. The molecule has 2 aromatic heterocycles. The number of para-hydroxylation sites is 1. The van der Waals surface area contributed by atoms with E-state index in [1.54, 1.807) is 12.4 Å². The van der Waals surface area contributed by atoms with E-state index in [9.17, 15) is 0 Å². The number of ether oxygens (including phenoxy) is 2. The van der Waals surface area contributed by atoms with Crippen molar-refractivity contribution in [1.82, 2.24) is 15.0 Å². The standard InChI is InChI=1S/C21H20N4O2/c1-2-4-18-15(3-1)5-6-19(24-18)25-13-17(14-25)27-21-20(22-9-10-23-21)16-7-11-26-12-8-16/h1-7,9-10,17H,8,11-14H2. The first-order valence-corrected chi connectivity index (χ1v) is 9.22. The van der Waals surface area contributed by atoms with Crippen LogP contribution in [0.1, 0.15) is 12.1 Å². The maximum Gasteiger partial charge on any atom is 0.240 e. The second-order valence-corrected chi connectivity index (χ2v) is 6.77. The van der Waals surface area contributed by atoms with Crippen LogP contribution in [0.5, 0.6) is 5.88 Å². The van der Waals surface area contributed by atoms with Crippen LogP contribution in [0.15, 0.2) is 54.9 Å². The summed E-state index contributed by atoms with van der Waals surface area (Å²) in [4.78, 5) is 15.9. The lowest BCUT2D eigenvalue weighted by atomic mass is 10.1. The van der Waals surface area contributed by atoms with Crippen molar-refractivity contribution in [3.8, 4) is 5.88 Å². The van der Waals surface area contributed by atoms with E-state index >= 15 is 0 Å². The number of pyridine rings is 1. The molecule has 2 aliphatic heterocycles. The van der Waals surface area contributed by atoms with Gasteiger partial charge in [0.15, 0.2) is 0 Å². The number of benzene rings is 1. The highest BCUT2D eigenvalue weighted by Crippen LogP contribution is 2.29. The van der Waals surface area contributed by atoms with E-state index in [0.29, 0.717) is 19.1 Å². The molecule has 0 N–H and O–H groups in total. The summed E-state index contributed by atoms with van der Waals surface area (Å²) in [5.41, 5.74) is 3.00. The fourth-order valence-corrected chi connectivity index (χ4v) is 3.46. The van der Waals surface area contributed by atoms with Crippen LogP contribution in [0, 0.1) is 0 Å². The maximum absolute atomic E-state index is 6.15. The Labute approximate surface area is 157 Å². The summed E-state index contributed by atoms with van der Waals surface area (Å²) in [6, 6.07) is 12.4. The lowest BCUT2D eigenvalue weighted by Crippen LogP contribution is -2.54. The van der Waals surface area contributed by atoms with E-state index in [1.807, 2.05) is 18.2 Å². The smallest absolute Gasteiger partial charge is 0.240 e. The largest absolute Gasteiger partial charge is 0.469 e. The summed E-state index contributed by atoms with van der Waals surface area (Å²) >= 11 is 0. The van der Waals surface area contributed by atoms with Gasteiger partial charge in [-0.3, -0.25) is 0 Å². The first kappa shape index (κ1) is 16.2. The highest BCUT2D eigenvalue weighted by molar-refractivity contribution is 5.80. The molecular formula is C21H20N4O2. The summed E-state index contributed by atoms with van der Waals surface area (Å²) < 4.78 is 11.5. The van der Waals surface area contributed by atoms with Crippen LogP contribution < -0.4 is 9.64 Å². The van der Waals surface area contributed by atoms with Crippen molar-refractivity contribution in [3.05, 3.63) is 60.6 Å². The Hall–Kier alpha value is -2.99. The first-order chi connectivity index (χ1) is 13.4. The molecule has 0 atom stereocenters. The van der Waals surface area contributed by atoms with Crippen molar-refractivity contribution >= 4 is 22.3 Å². The van der Waals surface area contributed by atoms with Gasteiger partial charge in [-0.15, -0.1) is 0 Å². The number of rotatable bonds is 4. The Balaban J connectivity index is 1.28. The Morgan fingerprint density at radius 1 is 1.04 bits per heavy atom. The molecule has 6 nitrogen and oxygen atoms in total. The van der Waals surface area contributed by atoms with Gasteiger partial charge in [0.25, 0.3) is 0 Å². The second-order valence-electron chi connectivity index (χ2n) is 6.77. The monoisotopic (exact) mass is 360 g/mol. The number of fused-ring (bicyclic) bond motifs is 1. The van der Waals surface area contributed by atoms with Crippen molar-refractivity contribution in [2.75, 3.05) is 31.2 Å². The van der Waals surface area contributed by atoms with E-state index in [0.717, 1.165) is 47.5 Å². The zero-order valence-corrected chi connectivity index (χ0v) is 14.9. The molecule has 1 saturated heterocycles. The van der Waals surface area contributed by atoms with Gasteiger partial charge in [0.2, 0.25) is 5.88 Å². The molecule has 6 heteroatoms. The zero-order chi connectivity index (χ0) is 18.1. The molecule has 0 spiro atoms. The Morgan fingerprint density at radius 3 is 2.81 bits per heavy atom. The zero-order valence-electron chi connectivity index (χ0n) is 14.9. The molecule has 0 radical (unpaired) electrons. The van der Waals surface area contributed by atoms with Gasteiger partial charge in [0.05, 0.1) is 31.8 Å². The molecule has 136 valence electrons. The van der Waals surface area contributed by atoms with E-state index in [1.165, 1.54) is 0 Å². The van der Waals surface area contributed by atoms with Crippen LogP contribution in [-0.4, -0.2) is 47.4 Å². The summed E-state index contributed by atoms with van der Waals surface area (Å²) in [5, 5.41) is 1.16. The minimum Gasteiger partial charge on any atom is -0.469 e. The van der Waals surface area contributed by atoms with Gasteiger partial charge in [-0.2, -0.15) is 0 Å². The SMILES string of the molecule is C1=C(c2nccnc2OC2CN(c3ccc4ccccc4n3)C2)CCOC1. The molecule has 1 aromatic carbocycles. The molecular weight excluding hydrogens is 340 g/mol. The Morgan fingerprint density at radius 2 is 1.93 bits per heavy atom. The van der Waals surface area contributed by atoms with Crippen molar-refractivity contribution < 1.29 is 9.47 Å². The van der Waals surface area contributed by atoms with Crippen LogP contribution in [-0.2, 0) is 4.74 Å². The lowest BCUT2D eigenvalue weighted by molar-refractivity contribution is 0.155. The minimum absolute atomic E-state index is 0.0918. The third-order valence-electron chi connectivity index (χ3n) is 4.97. The van der Waals surface area contributed by atoms with Gasteiger partial charge < -0.3 is 14.4 Å². The Bertz CT molecular complexity index is 998. The van der Waals surface area contributed by atoms with Crippen molar-refractivity contribution in [3.63, 3.8) is 0 Å². The van der Waals surface area contributed by atoms with Gasteiger partial charge in [0.1, 0.15) is 17.6 Å². The van der Waals surface area contributed by atoms with Gasteiger partial charge in [-0.1, -0.05) is 24.3 Å². The average molecular weight is 360 g/mol. The summed E-state index contributed by atoms with van der Waals surface area (Å²) in [7, 11) is 0. The molecule has 0 amide bonds. The third kappa shape index (κ3) is 3.24. The number of aromatic nitrogens is 3.